The molecule has 0 bridgehead atoms. The van der Waals surface area contributed by atoms with Gasteiger partial charge in [0.2, 0.25) is 10.0 Å². The zero-order chi connectivity index (χ0) is 22.8. The number of hydrogen-bond acceptors (Lipinski definition) is 5. The SMILES string of the molecule is Cc1cc(C(=O)Nc2ccc(N3C[C@@H](C)O[C@@H](C)C3)cc2)ccc1NS(=O)(=O)C(C)C. The fourth-order valence-electron chi connectivity index (χ4n) is 3.54. The van der Waals surface area contributed by atoms with Crippen molar-refractivity contribution in [3.63, 3.8) is 0 Å². The van der Waals surface area contributed by atoms with Crippen molar-refractivity contribution in [2.45, 2.75) is 52.1 Å². The summed E-state index contributed by atoms with van der Waals surface area (Å²) >= 11 is 0. The van der Waals surface area contributed by atoms with E-state index in [0.29, 0.717) is 22.5 Å². The van der Waals surface area contributed by atoms with Gasteiger partial charge in [-0.05, 0) is 82.6 Å². The van der Waals surface area contributed by atoms with Crippen LogP contribution in [0.4, 0.5) is 17.1 Å². The normalized spacial score (nSPS) is 19.4. The topological polar surface area (TPSA) is 87.7 Å². The van der Waals surface area contributed by atoms with E-state index in [1.54, 1.807) is 39.0 Å². The van der Waals surface area contributed by atoms with Crippen molar-refractivity contribution in [1.82, 2.24) is 0 Å². The zero-order valence-electron chi connectivity index (χ0n) is 18.7. The lowest BCUT2D eigenvalue weighted by Crippen LogP contribution is -2.45. The molecule has 7 nitrogen and oxygen atoms in total. The number of carbonyl (C=O) groups is 1. The molecule has 0 aromatic heterocycles. The average molecular weight is 446 g/mol. The number of carbonyl (C=O) groups excluding carboxylic acids is 1. The molecule has 0 radical (unpaired) electrons. The lowest BCUT2D eigenvalue weighted by Gasteiger charge is -2.36. The van der Waals surface area contributed by atoms with Crippen molar-refractivity contribution in [3.05, 3.63) is 53.6 Å². The quantitative estimate of drug-likeness (QED) is 0.701. The molecule has 2 N–H and O–H groups in total. The summed E-state index contributed by atoms with van der Waals surface area (Å²) in [7, 11) is -3.44. The van der Waals surface area contributed by atoms with E-state index < -0.39 is 15.3 Å². The number of anilines is 3. The van der Waals surface area contributed by atoms with Crippen LogP contribution in [0.1, 0.15) is 43.6 Å². The lowest BCUT2D eigenvalue weighted by atomic mass is 10.1. The molecular weight excluding hydrogens is 414 g/mol. The monoisotopic (exact) mass is 445 g/mol. The van der Waals surface area contributed by atoms with Gasteiger partial charge < -0.3 is 15.0 Å². The molecule has 1 saturated heterocycles. The fourth-order valence-corrected chi connectivity index (χ4v) is 4.31. The van der Waals surface area contributed by atoms with Crippen molar-refractivity contribution < 1.29 is 17.9 Å². The van der Waals surface area contributed by atoms with Crippen LogP contribution in [0.2, 0.25) is 0 Å². The molecule has 8 heteroatoms. The Morgan fingerprint density at radius 1 is 1.06 bits per heavy atom. The van der Waals surface area contributed by atoms with Crippen molar-refractivity contribution in [2.75, 3.05) is 28.0 Å². The van der Waals surface area contributed by atoms with E-state index in [4.69, 9.17) is 4.74 Å². The highest BCUT2D eigenvalue weighted by atomic mass is 32.2. The molecule has 1 amide bonds. The largest absolute Gasteiger partial charge is 0.372 e. The summed E-state index contributed by atoms with van der Waals surface area (Å²) in [5, 5.41) is 2.36. The van der Waals surface area contributed by atoms with Crippen LogP contribution in [-0.4, -0.2) is 44.9 Å². The smallest absolute Gasteiger partial charge is 0.255 e. The Labute approximate surface area is 184 Å². The van der Waals surface area contributed by atoms with E-state index >= 15 is 0 Å². The van der Waals surface area contributed by atoms with Gasteiger partial charge in [-0.3, -0.25) is 9.52 Å². The molecule has 3 rings (SSSR count). The van der Waals surface area contributed by atoms with Crippen molar-refractivity contribution >= 4 is 33.0 Å². The van der Waals surface area contributed by atoms with E-state index in [0.717, 1.165) is 18.8 Å². The summed E-state index contributed by atoms with van der Waals surface area (Å²) in [6, 6.07) is 12.7. The second-order valence-corrected chi connectivity index (χ2v) is 10.6. The lowest BCUT2D eigenvalue weighted by molar-refractivity contribution is -0.00521. The van der Waals surface area contributed by atoms with Crippen LogP contribution in [0.3, 0.4) is 0 Å². The fraction of sp³-hybridized carbons (Fsp3) is 0.435. The average Bonchev–Trinajstić information content (AvgIpc) is 2.69. The molecule has 0 unspecified atom stereocenters. The summed E-state index contributed by atoms with van der Waals surface area (Å²) in [5.41, 5.74) is 3.42. The number of morpholine rings is 1. The highest BCUT2D eigenvalue weighted by Crippen LogP contribution is 2.24. The third kappa shape index (κ3) is 5.77. The predicted octanol–water partition coefficient (Wildman–Crippen LogP) is 4.01. The first-order valence-corrected chi connectivity index (χ1v) is 12.0. The Bertz CT molecular complexity index is 1030. The molecule has 1 aliphatic rings. The Kier molecular flexibility index (Phi) is 6.91. The second kappa shape index (κ2) is 9.28. The molecular formula is C23H31N3O4S. The van der Waals surface area contributed by atoms with Gasteiger partial charge in [0, 0.05) is 30.0 Å². The summed E-state index contributed by atoms with van der Waals surface area (Å²) in [4.78, 5) is 14.9. The standard InChI is InChI=1S/C23H31N3O4S/c1-15(2)31(28,29)25-22-11-6-19(12-16(22)3)23(27)24-20-7-9-21(10-8-20)26-13-17(4)30-18(5)14-26/h6-12,15,17-18,25H,13-14H2,1-5H3,(H,24,27)/t17-,18+. The summed E-state index contributed by atoms with van der Waals surface area (Å²) in [5.74, 6) is -0.247. The van der Waals surface area contributed by atoms with Gasteiger partial charge in [0.1, 0.15) is 0 Å². The first-order valence-electron chi connectivity index (χ1n) is 10.5. The van der Waals surface area contributed by atoms with Crippen LogP contribution in [-0.2, 0) is 14.8 Å². The molecule has 31 heavy (non-hydrogen) atoms. The van der Waals surface area contributed by atoms with Gasteiger partial charge in [-0.2, -0.15) is 0 Å². The van der Waals surface area contributed by atoms with Gasteiger partial charge in [-0.15, -0.1) is 0 Å². The first-order chi connectivity index (χ1) is 14.5. The van der Waals surface area contributed by atoms with Crippen LogP contribution in [0.25, 0.3) is 0 Å². The van der Waals surface area contributed by atoms with E-state index in [1.165, 1.54) is 0 Å². The molecule has 2 atom stereocenters. The van der Waals surface area contributed by atoms with Crippen molar-refractivity contribution in [1.29, 1.82) is 0 Å². The molecule has 0 aliphatic carbocycles. The summed E-state index contributed by atoms with van der Waals surface area (Å²) in [6.45, 7) is 10.8. The van der Waals surface area contributed by atoms with E-state index in [9.17, 15) is 13.2 Å². The van der Waals surface area contributed by atoms with Crippen LogP contribution in [0.5, 0.6) is 0 Å². The number of sulfonamides is 1. The van der Waals surface area contributed by atoms with Crippen molar-refractivity contribution in [2.24, 2.45) is 0 Å². The minimum Gasteiger partial charge on any atom is -0.372 e. The Morgan fingerprint density at radius 3 is 2.23 bits per heavy atom. The third-order valence-corrected chi connectivity index (χ3v) is 7.02. The van der Waals surface area contributed by atoms with Gasteiger partial charge in [0.25, 0.3) is 5.91 Å². The molecule has 2 aromatic carbocycles. The van der Waals surface area contributed by atoms with Gasteiger partial charge >= 0.3 is 0 Å². The summed E-state index contributed by atoms with van der Waals surface area (Å²) < 4.78 is 32.5. The van der Waals surface area contributed by atoms with Gasteiger partial charge in [-0.1, -0.05) is 0 Å². The number of nitrogens with zero attached hydrogens (tertiary/aromatic N) is 1. The van der Waals surface area contributed by atoms with Crippen LogP contribution < -0.4 is 14.9 Å². The van der Waals surface area contributed by atoms with E-state index in [1.807, 2.05) is 24.3 Å². The number of aryl methyl sites for hydroxylation is 1. The van der Waals surface area contributed by atoms with Crippen LogP contribution in [0.15, 0.2) is 42.5 Å². The Hall–Kier alpha value is -2.58. The van der Waals surface area contributed by atoms with E-state index in [-0.39, 0.29) is 18.1 Å². The molecule has 1 fully saturated rings. The summed E-state index contributed by atoms with van der Waals surface area (Å²) in [6.07, 6.45) is 0.360. The predicted molar refractivity (Wildman–Crippen MR) is 125 cm³/mol. The molecule has 1 heterocycles. The van der Waals surface area contributed by atoms with Gasteiger partial charge in [0.15, 0.2) is 0 Å². The molecule has 0 spiro atoms. The van der Waals surface area contributed by atoms with Crippen molar-refractivity contribution in [3.8, 4) is 0 Å². The van der Waals surface area contributed by atoms with Gasteiger partial charge in [-0.25, -0.2) is 8.42 Å². The minimum atomic E-state index is -3.44. The van der Waals surface area contributed by atoms with Crippen LogP contribution >= 0.6 is 0 Å². The maximum absolute atomic E-state index is 12.7. The first kappa shape index (κ1) is 23.1. The molecule has 168 valence electrons. The number of nitrogens with one attached hydrogen (secondary N) is 2. The molecule has 2 aromatic rings. The minimum absolute atomic E-state index is 0.180. The Morgan fingerprint density at radius 2 is 1.68 bits per heavy atom. The highest BCUT2D eigenvalue weighted by Gasteiger charge is 2.22. The molecule has 1 aliphatic heterocycles. The van der Waals surface area contributed by atoms with Gasteiger partial charge in [0.05, 0.1) is 23.1 Å². The third-order valence-electron chi connectivity index (χ3n) is 5.27. The number of amides is 1. The van der Waals surface area contributed by atoms with Crippen LogP contribution in [0, 0.1) is 6.92 Å². The zero-order valence-corrected chi connectivity index (χ0v) is 19.5. The highest BCUT2D eigenvalue weighted by molar-refractivity contribution is 7.93. The number of benzene rings is 2. The maximum atomic E-state index is 12.7. The number of ether oxygens (including phenoxy) is 1. The second-order valence-electron chi connectivity index (χ2n) is 8.39. The van der Waals surface area contributed by atoms with E-state index in [2.05, 4.69) is 28.8 Å². The number of hydrogen-bond donors (Lipinski definition) is 2. The Balaban J connectivity index is 1.67. The molecule has 0 saturated carbocycles. The number of rotatable bonds is 6. The maximum Gasteiger partial charge on any atom is 0.255 e.